The maximum Gasteiger partial charge on any atom is 0.258 e. The fourth-order valence-corrected chi connectivity index (χ4v) is 4.36. The van der Waals surface area contributed by atoms with Crippen molar-refractivity contribution in [3.05, 3.63) is 101 Å². The summed E-state index contributed by atoms with van der Waals surface area (Å²) in [5.74, 6) is 0.480. The van der Waals surface area contributed by atoms with Crippen molar-refractivity contribution in [3.63, 3.8) is 0 Å². The summed E-state index contributed by atoms with van der Waals surface area (Å²) in [6, 6.07) is 23.5. The molecular weight excluding hydrogens is 412 g/mol. The van der Waals surface area contributed by atoms with Gasteiger partial charge in [0.1, 0.15) is 5.75 Å². The number of rotatable bonds is 6. The second-order valence-corrected chi connectivity index (χ2v) is 8.80. The monoisotopic (exact) mass is 442 g/mol. The van der Waals surface area contributed by atoms with Crippen LogP contribution in [0, 0.1) is 6.92 Å². The Bertz CT molecular complexity index is 1140. The van der Waals surface area contributed by atoms with Crippen LogP contribution >= 0.6 is 0 Å². The molecule has 1 aliphatic rings. The van der Waals surface area contributed by atoms with E-state index < -0.39 is 0 Å². The Morgan fingerprint density at radius 2 is 1.82 bits per heavy atom. The largest absolute Gasteiger partial charge is 0.484 e. The molecule has 0 radical (unpaired) electrons. The third kappa shape index (κ3) is 5.25. The number of carbonyl (C=O) groups excluding carboxylic acids is 2. The van der Waals surface area contributed by atoms with Gasteiger partial charge in [0.15, 0.2) is 6.61 Å². The van der Waals surface area contributed by atoms with Crippen molar-refractivity contribution in [2.24, 2.45) is 0 Å². The van der Waals surface area contributed by atoms with Crippen LogP contribution in [0.25, 0.3) is 0 Å². The van der Waals surface area contributed by atoms with E-state index in [1.807, 2.05) is 67.3 Å². The Labute approximate surface area is 195 Å². The fraction of sp³-hybridized carbons (Fsp3) is 0.286. The van der Waals surface area contributed by atoms with Gasteiger partial charge in [-0.2, -0.15) is 0 Å². The molecule has 0 aromatic heterocycles. The van der Waals surface area contributed by atoms with Crippen molar-refractivity contribution in [1.29, 1.82) is 0 Å². The van der Waals surface area contributed by atoms with E-state index >= 15 is 0 Å². The highest BCUT2D eigenvalue weighted by Gasteiger charge is 2.33. The molecule has 33 heavy (non-hydrogen) atoms. The van der Waals surface area contributed by atoms with Gasteiger partial charge in [-0.05, 0) is 68.1 Å². The first-order valence-electron chi connectivity index (χ1n) is 11.4. The molecule has 1 aliphatic heterocycles. The predicted octanol–water partition coefficient (Wildman–Crippen LogP) is 4.69. The summed E-state index contributed by atoms with van der Waals surface area (Å²) in [6.07, 6.45) is 0.768. The second kappa shape index (κ2) is 9.90. The van der Waals surface area contributed by atoms with Gasteiger partial charge in [0.25, 0.3) is 11.8 Å². The van der Waals surface area contributed by atoms with Gasteiger partial charge in [0, 0.05) is 18.2 Å². The summed E-state index contributed by atoms with van der Waals surface area (Å²) in [5, 5.41) is 2.84. The molecule has 0 spiro atoms. The molecule has 0 aliphatic carbocycles. The molecule has 3 aromatic carbocycles. The minimum Gasteiger partial charge on any atom is -0.484 e. The zero-order valence-corrected chi connectivity index (χ0v) is 19.4. The smallest absolute Gasteiger partial charge is 0.258 e. The molecule has 3 aromatic rings. The van der Waals surface area contributed by atoms with E-state index in [2.05, 4.69) is 36.5 Å². The number of hydrogen-bond donors (Lipinski definition) is 1. The molecule has 0 saturated heterocycles. The lowest BCUT2D eigenvalue weighted by atomic mass is 9.87. The molecule has 1 atom stereocenters. The lowest BCUT2D eigenvalue weighted by molar-refractivity contribution is -0.123. The maximum atomic E-state index is 13.5. The number of nitrogens with one attached hydrogen (secondary N) is 1. The first-order valence-corrected chi connectivity index (χ1v) is 11.4. The Kier molecular flexibility index (Phi) is 6.78. The van der Waals surface area contributed by atoms with E-state index in [0.29, 0.717) is 17.9 Å². The summed E-state index contributed by atoms with van der Waals surface area (Å²) >= 11 is 0. The van der Waals surface area contributed by atoms with E-state index in [1.165, 1.54) is 5.56 Å². The molecule has 0 saturated carbocycles. The molecule has 0 unspecified atom stereocenters. The van der Waals surface area contributed by atoms with E-state index in [-0.39, 0.29) is 30.5 Å². The summed E-state index contributed by atoms with van der Waals surface area (Å²) in [4.78, 5) is 27.5. The number of benzene rings is 3. The third-order valence-electron chi connectivity index (χ3n) is 5.80. The van der Waals surface area contributed by atoms with Gasteiger partial charge in [0.2, 0.25) is 0 Å². The Hall–Kier alpha value is -3.60. The molecule has 1 heterocycles. The van der Waals surface area contributed by atoms with Crippen LogP contribution in [0.2, 0.25) is 0 Å². The van der Waals surface area contributed by atoms with Crippen LogP contribution in [-0.4, -0.2) is 35.9 Å². The van der Waals surface area contributed by atoms with Gasteiger partial charge >= 0.3 is 0 Å². The van der Waals surface area contributed by atoms with Crippen molar-refractivity contribution >= 4 is 11.8 Å². The van der Waals surface area contributed by atoms with E-state index in [0.717, 1.165) is 23.1 Å². The van der Waals surface area contributed by atoms with Gasteiger partial charge in [-0.15, -0.1) is 0 Å². The highest BCUT2D eigenvalue weighted by atomic mass is 16.5. The second-order valence-electron chi connectivity index (χ2n) is 8.80. The zero-order valence-electron chi connectivity index (χ0n) is 19.4. The molecule has 5 nitrogen and oxygen atoms in total. The van der Waals surface area contributed by atoms with E-state index in [1.54, 1.807) is 0 Å². The minimum absolute atomic E-state index is 0.00962. The number of carbonyl (C=O) groups is 2. The molecular formula is C28H30N2O3. The predicted molar refractivity (Wildman–Crippen MR) is 129 cm³/mol. The topological polar surface area (TPSA) is 58.6 Å². The molecule has 0 bridgehead atoms. The molecule has 0 fully saturated rings. The van der Waals surface area contributed by atoms with Crippen molar-refractivity contribution in [2.45, 2.75) is 39.3 Å². The number of amides is 2. The molecule has 5 heteroatoms. The van der Waals surface area contributed by atoms with E-state index in [9.17, 15) is 9.59 Å². The zero-order chi connectivity index (χ0) is 23.4. The first kappa shape index (κ1) is 22.6. The van der Waals surface area contributed by atoms with Crippen LogP contribution in [-0.2, 0) is 11.2 Å². The number of ether oxygens (including phenoxy) is 1. The first-order chi connectivity index (χ1) is 15.9. The molecule has 170 valence electrons. The summed E-state index contributed by atoms with van der Waals surface area (Å²) in [6.45, 7) is 6.49. The van der Waals surface area contributed by atoms with Gasteiger partial charge in [-0.1, -0.05) is 54.1 Å². The van der Waals surface area contributed by atoms with Gasteiger partial charge in [-0.3, -0.25) is 9.59 Å². The summed E-state index contributed by atoms with van der Waals surface area (Å²) in [7, 11) is 0. The van der Waals surface area contributed by atoms with E-state index in [4.69, 9.17) is 4.74 Å². The molecule has 2 amide bonds. The maximum absolute atomic E-state index is 13.5. The Morgan fingerprint density at radius 1 is 1.03 bits per heavy atom. The Balaban J connectivity index is 1.69. The number of aryl methyl sites for hydroxylation is 1. The van der Waals surface area contributed by atoms with Crippen molar-refractivity contribution in [3.8, 4) is 5.75 Å². The quantitative estimate of drug-likeness (QED) is 0.603. The van der Waals surface area contributed by atoms with Crippen LogP contribution in [0.15, 0.2) is 72.8 Å². The minimum atomic E-state index is -0.227. The highest BCUT2D eigenvalue weighted by Crippen LogP contribution is 2.38. The average molecular weight is 443 g/mol. The van der Waals surface area contributed by atoms with Crippen molar-refractivity contribution in [2.75, 3.05) is 13.2 Å². The molecule has 1 N–H and O–H groups in total. The average Bonchev–Trinajstić information content (AvgIpc) is 2.81. The van der Waals surface area contributed by atoms with Crippen molar-refractivity contribution in [1.82, 2.24) is 10.2 Å². The van der Waals surface area contributed by atoms with Crippen LogP contribution in [0.1, 0.15) is 52.5 Å². The highest BCUT2D eigenvalue weighted by molar-refractivity contribution is 5.95. The van der Waals surface area contributed by atoms with Crippen LogP contribution in [0.5, 0.6) is 5.75 Å². The third-order valence-corrected chi connectivity index (χ3v) is 5.80. The lowest BCUT2D eigenvalue weighted by Crippen LogP contribution is -2.40. The molecule has 4 rings (SSSR count). The number of hydrogen-bond acceptors (Lipinski definition) is 3. The number of fused-ring (bicyclic) bond motifs is 1. The summed E-state index contributed by atoms with van der Waals surface area (Å²) in [5.41, 5.74) is 5.12. The van der Waals surface area contributed by atoms with Gasteiger partial charge in [-0.25, -0.2) is 0 Å². The van der Waals surface area contributed by atoms with Crippen LogP contribution in [0.3, 0.4) is 0 Å². The van der Waals surface area contributed by atoms with Crippen LogP contribution < -0.4 is 10.1 Å². The lowest BCUT2D eigenvalue weighted by Gasteiger charge is -2.38. The standard InChI is InChI=1S/C28H30N2O3/c1-19(2)29-26(31)18-33-24-13-12-21-14-15-30(28(32)22-9-5-4-6-10-22)27(25(21)17-24)23-11-7-8-20(3)16-23/h4-13,16-17,19,27H,14-15,18H2,1-3H3,(H,29,31)/t27-/m0/s1. The SMILES string of the molecule is Cc1cccc([C@H]2c3cc(OCC(=O)NC(C)C)ccc3CCN2C(=O)c2ccccc2)c1. The van der Waals surface area contributed by atoms with Gasteiger partial charge in [0.05, 0.1) is 6.04 Å². The Morgan fingerprint density at radius 3 is 2.55 bits per heavy atom. The van der Waals surface area contributed by atoms with Crippen molar-refractivity contribution < 1.29 is 14.3 Å². The fourth-order valence-electron chi connectivity index (χ4n) is 4.36. The number of nitrogens with zero attached hydrogens (tertiary/aromatic N) is 1. The van der Waals surface area contributed by atoms with Crippen LogP contribution in [0.4, 0.5) is 0 Å². The normalized spacial score (nSPS) is 15.2. The summed E-state index contributed by atoms with van der Waals surface area (Å²) < 4.78 is 5.81. The van der Waals surface area contributed by atoms with Gasteiger partial charge < -0.3 is 15.0 Å².